The molecular weight excluding hydrogens is 268 g/mol. The fraction of sp³-hybridized carbons (Fsp3) is 0.267. The first-order chi connectivity index (χ1) is 9.78. The van der Waals surface area contributed by atoms with Gasteiger partial charge in [-0.25, -0.2) is 0 Å². The monoisotopic (exact) mass is 284 g/mol. The van der Waals surface area contributed by atoms with Crippen LogP contribution >= 0.6 is 11.3 Å². The highest BCUT2D eigenvalue weighted by Crippen LogP contribution is 2.32. The van der Waals surface area contributed by atoms with E-state index in [0.29, 0.717) is 0 Å². The number of pyridine rings is 1. The van der Waals surface area contributed by atoms with Gasteiger partial charge in [0.25, 0.3) is 0 Å². The molecule has 1 N–H and O–H groups in total. The molecule has 0 radical (unpaired) electrons. The van der Waals surface area contributed by atoms with Crippen LogP contribution in [0.15, 0.2) is 30.3 Å². The van der Waals surface area contributed by atoms with Gasteiger partial charge in [0, 0.05) is 23.2 Å². The third-order valence-electron chi connectivity index (χ3n) is 3.03. The number of rotatable bonds is 4. The van der Waals surface area contributed by atoms with Gasteiger partial charge in [-0.3, -0.25) is 4.98 Å². The van der Waals surface area contributed by atoms with E-state index in [2.05, 4.69) is 39.6 Å². The number of hydrogen-bond acceptors (Lipinski definition) is 5. The standard InChI is InChI=1S/C15H16N4S/c1-3-8-16-15-19-18-14(20-15)12-9-10(2)17-13-7-5-4-6-11(12)13/h4-7,9H,3,8H2,1-2H3,(H,16,19). The number of hydrogen-bond donors (Lipinski definition) is 1. The van der Waals surface area contributed by atoms with Crippen molar-refractivity contribution < 1.29 is 0 Å². The average molecular weight is 284 g/mol. The van der Waals surface area contributed by atoms with E-state index in [0.717, 1.165) is 45.3 Å². The minimum atomic E-state index is 0.875. The molecule has 3 rings (SSSR count). The fourth-order valence-electron chi connectivity index (χ4n) is 2.12. The van der Waals surface area contributed by atoms with Crippen molar-refractivity contribution in [1.29, 1.82) is 0 Å². The first kappa shape index (κ1) is 13.0. The van der Waals surface area contributed by atoms with E-state index >= 15 is 0 Å². The van der Waals surface area contributed by atoms with Gasteiger partial charge in [0.1, 0.15) is 5.01 Å². The summed E-state index contributed by atoms with van der Waals surface area (Å²) in [5.74, 6) is 0. The zero-order valence-corrected chi connectivity index (χ0v) is 12.4. The zero-order valence-electron chi connectivity index (χ0n) is 11.6. The van der Waals surface area contributed by atoms with Crippen LogP contribution in [-0.2, 0) is 0 Å². The lowest BCUT2D eigenvalue weighted by Gasteiger charge is -2.04. The molecule has 0 bridgehead atoms. The maximum atomic E-state index is 4.56. The van der Waals surface area contributed by atoms with Gasteiger partial charge in [0.05, 0.1) is 5.52 Å². The van der Waals surface area contributed by atoms with Crippen LogP contribution in [0.1, 0.15) is 19.0 Å². The summed E-state index contributed by atoms with van der Waals surface area (Å²) in [5, 5.41) is 14.7. The van der Waals surface area contributed by atoms with E-state index in [-0.39, 0.29) is 0 Å². The molecule has 0 amide bonds. The van der Waals surface area contributed by atoms with Gasteiger partial charge >= 0.3 is 0 Å². The fourth-order valence-corrected chi connectivity index (χ4v) is 2.92. The molecule has 0 fully saturated rings. The lowest BCUT2D eigenvalue weighted by molar-refractivity contribution is 0.964. The van der Waals surface area contributed by atoms with Crippen LogP contribution in [-0.4, -0.2) is 21.7 Å². The molecule has 0 unspecified atom stereocenters. The largest absolute Gasteiger partial charge is 0.360 e. The highest BCUT2D eigenvalue weighted by Gasteiger charge is 2.11. The van der Waals surface area contributed by atoms with E-state index in [4.69, 9.17) is 0 Å². The second kappa shape index (κ2) is 5.54. The molecule has 5 heteroatoms. The summed E-state index contributed by atoms with van der Waals surface area (Å²) in [4.78, 5) is 4.56. The molecule has 0 saturated carbocycles. The number of benzene rings is 1. The third-order valence-corrected chi connectivity index (χ3v) is 3.94. The molecule has 0 saturated heterocycles. The van der Waals surface area contributed by atoms with E-state index in [1.807, 2.05) is 25.1 Å². The van der Waals surface area contributed by atoms with Crippen LogP contribution in [0.4, 0.5) is 5.13 Å². The molecule has 3 aromatic rings. The van der Waals surface area contributed by atoms with Crippen molar-refractivity contribution in [3.8, 4) is 10.6 Å². The minimum Gasteiger partial charge on any atom is -0.360 e. The van der Waals surface area contributed by atoms with Crippen LogP contribution in [0.5, 0.6) is 0 Å². The molecule has 2 aromatic heterocycles. The molecule has 0 spiro atoms. The van der Waals surface area contributed by atoms with E-state index in [9.17, 15) is 0 Å². The van der Waals surface area contributed by atoms with Gasteiger partial charge in [-0.15, -0.1) is 10.2 Å². The van der Waals surface area contributed by atoms with Crippen molar-refractivity contribution in [3.05, 3.63) is 36.0 Å². The van der Waals surface area contributed by atoms with Gasteiger partial charge in [0.15, 0.2) is 0 Å². The highest BCUT2D eigenvalue weighted by atomic mass is 32.1. The maximum Gasteiger partial charge on any atom is 0.206 e. The Kier molecular flexibility index (Phi) is 3.60. The molecular formula is C15H16N4S. The summed E-state index contributed by atoms with van der Waals surface area (Å²) in [7, 11) is 0. The molecule has 2 heterocycles. The van der Waals surface area contributed by atoms with Gasteiger partial charge < -0.3 is 5.32 Å². The number of para-hydroxylation sites is 1. The third kappa shape index (κ3) is 2.49. The number of nitrogens with zero attached hydrogens (tertiary/aromatic N) is 3. The Morgan fingerprint density at radius 2 is 2.05 bits per heavy atom. The predicted molar refractivity (Wildman–Crippen MR) is 84.2 cm³/mol. The van der Waals surface area contributed by atoms with Crippen LogP contribution in [0.2, 0.25) is 0 Å². The van der Waals surface area contributed by atoms with E-state index < -0.39 is 0 Å². The lowest BCUT2D eigenvalue weighted by Crippen LogP contribution is -1.98. The van der Waals surface area contributed by atoms with Crippen molar-refractivity contribution in [2.24, 2.45) is 0 Å². The van der Waals surface area contributed by atoms with Crippen LogP contribution in [0.25, 0.3) is 21.5 Å². The Morgan fingerprint density at radius 1 is 1.20 bits per heavy atom. The molecule has 0 aliphatic heterocycles. The number of aryl methyl sites for hydroxylation is 1. The topological polar surface area (TPSA) is 50.7 Å². The average Bonchev–Trinajstić information content (AvgIpc) is 2.93. The van der Waals surface area contributed by atoms with Crippen LogP contribution in [0.3, 0.4) is 0 Å². The Labute approximate surface area is 121 Å². The Morgan fingerprint density at radius 3 is 2.90 bits per heavy atom. The van der Waals surface area contributed by atoms with Crippen LogP contribution in [0, 0.1) is 6.92 Å². The lowest BCUT2D eigenvalue weighted by atomic mass is 10.1. The molecule has 0 aliphatic rings. The Balaban J connectivity index is 2.07. The van der Waals surface area contributed by atoms with Crippen molar-refractivity contribution in [1.82, 2.24) is 15.2 Å². The zero-order chi connectivity index (χ0) is 13.9. The normalized spacial score (nSPS) is 10.9. The molecule has 0 atom stereocenters. The quantitative estimate of drug-likeness (QED) is 0.790. The van der Waals surface area contributed by atoms with Gasteiger partial charge in [-0.2, -0.15) is 0 Å². The second-order valence-electron chi connectivity index (χ2n) is 4.67. The number of fused-ring (bicyclic) bond motifs is 1. The minimum absolute atomic E-state index is 0.875. The Bertz CT molecular complexity index is 736. The van der Waals surface area contributed by atoms with Gasteiger partial charge in [-0.1, -0.05) is 36.5 Å². The molecule has 0 aliphatic carbocycles. The predicted octanol–water partition coefficient (Wildman–Crippen LogP) is 3.88. The molecule has 1 aromatic carbocycles. The van der Waals surface area contributed by atoms with Crippen molar-refractivity contribution in [2.45, 2.75) is 20.3 Å². The molecule has 20 heavy (non-hydrogen) atoms. The van der Waals surface area contributed by atoms with E-state index in [1.54, 1.807) is 11.3 Å². The smallest absolute Gasteiger partial charge is 0.206 e. The van der Waals surface area contributed by atoms with Crippen molar-refractivity contribution in [3.63, 3.8) is 0 Å². The summed E-state index contributed by atoms with van der Waals surface area (Å²) >= 11 is 1.59. The highest BCUT2D eigenvalue weighted by molar-refractivity contribution is 7.18. The molecule has 102 valence electrons. The Hall–Kier alpha value is -2.01. The summed E-state index contributed by atoms with van der Waals surface area (Å²) < 4.78 is 0. The first-order valence-electron chi connectivity index (χ1n) is 6.72. The summed E-state index contributed by atoms with van der Waals surface area (Å²) in [6.07, 6.45) is 1.08. The van der Waals surface area contributed by atoms with E-state index in [1.165, 1.54) is 0 Å². The second-order valence-corrected chi connectivity index (χ2v) is 5.65. The van der Waals surface area contributed by atoms with Crippen molar-refractivity contribution in [2.75, 3.05) is 11.9 Å². The summed E-state index contributed by atoms with van der Waals surface area (Å²) in [6, 6.07) is 10.2. The SMILES string of the molecule is CCCNc1nnc(-c2cc(C)nc3ccccc23)s1. The number of aromatic nitrogens is 3. The summed E-state index contributed by atoms with van der Waals surface area (Å²) in [6.45, 7) is 5.06. The maximum absolute atomic E-state index is 4.56. The first-order valence-corrected chi connectivity index (χ1v) is 7.53. The summed E-state index contributed by atoms with van der Waals surface area (Å²) in [5.41, 5.74) is 3.10. The van der Waals surface area contributed by atoms with Gasteiger partial charge in [0.2, 0.25) is 5.13 Å². The van der Waals surface area contributed by atoms with Gasteiger partial charge in [-0.05, 0) is 25.5 Å². The van der Waals surface area contributed by atoms with Crippen molar-refractivity contribution >= 4 is 27.4 Å². The number of nitrogens with one attached hydrogen (secondary N) is 1. The number of anilines is 1. The molecule has 4 nitrogen and oxygen atoms in total. The van der Waals surface area contributed by atoms with Crippen LogP contribution < -0.4 is 5.32 Å².